The van der Waals surface area contributed by atoms with Gasteiger partial charge in [-0.3, -0.25) is 9.59 Å². The summed E-state index contributed by atoms with van der Waals surface area (Å²) in [5, 5.41) is 43.3. The Morgan fingerprint density at radius 1 is 0.588 bits per heavy atom. The molecule has 12 nitrogen and oxygen atoms in total. The molecule has 0 unspecified atom stereocenters. The van der Waals surface area contributed by atoms with Crippen molar-refractivity contribution in [3.8, 4) is 57.1 Å². The summed E-state index contributed by atoms with van der Waals surface area (Å²) < 4.78 is 31.9. The van der Waals surface area contributed by atoms with Crippen LogP contribution in [0.5, 0.6) is 46.0 Å². The zero-order valence-corrected chi connectivity index (χ0v) is 19.1. The van der Waals surface area contributed by atoms with Gasteiger partial charge in [-0.25, -0.2) is 0 Å². The van der Waals surface area contributed by atoms with Gasteiger partial charge >= 0.3 is 0 Å². The van der Waals surface area contributed by atoms with Crippen LogP contribution in [0.3, 0.4) is 0 Å². The predicted molar refractivity (Wildman–Crippen MR) is 113 cm³/mol. The number of phenols is 2. The molecule has 0 bridgehead atoms. The summed E-state index contributed by atoms with van der Waals surface area (Å²) in [6.07, 6.45) is 0. The number of hydrogen-bond donors (Lipinski definition) is 4. The minimum Gasteiger partial charge on any atom is -0.504 e. The normalized spacial score (nSPS) is 22.6. The Hall–Kier alpha value is -3.90. The maximum atomic E-state index is 12.9. The van der Waals surface area contributed by atoms with E-state index in [0.29, 0.717) is 0 Å². The molecular formula is C22H22O12. The first-order chi connectivity index (χ1) is 15.9. The van der Waals surface area contributed by atoms with Crippen molar-refractivity contribution in [3.05, 3.63) is 11.1 Å². The molecule has 34 heavy (non-hydrogen) atoms. The summed E-state index contributed by atoms with van der Waals surface area (Å²) in [5.74, 6) is -9.83. The molecular weight excluding hydrogens is 456 g/mol. The number of ether oxygens (including phenoxy) is 6. The lowest BCUT2D eigenvalue weighted by atomic mass is 9.92. The molecule has 4 rings (SSSR count). The lowest BCUT2D eigenvalue weighted by Gasteiger charge is -2.22. The highest BCUT2D eigenvalue weighted by Crippen LogP contribution is 2.63. The van der Waals surface area contributed by atoms with Crippen molar-refractivity contribution in [3.63, 3.8) is 0 Å². The van der Waals surface area contributed by atoms with Crippen LogP contribution in [-0.2, 0) is 0 Å². The number of benzene rings is 2. The molecule has 2 aromatic carbocycles. The van der Waals surface area contributed by atoms with Crippen LogP contribution in [0.1, 0.15) is 34.6 Å². The first-order valence-electron chi connectivity index (χ1n) is 9.82. The molecule has 0 spiro atoms. The van der Waals surface area contributed by atoms with Gasteiger partial charge in [-0.05, 0) is 0 Å². The van der Waals surface area contributed by atoms with E-state index in [2.05, 4.69) is 0 Å². The van der Waals surface area contributed by atoms with Crippen molar-refractivity contribution in [2.75, 3.05) is 28.4 Å². The van der Waals surface area contributed by atoms with Crippen molar-refractivity contribution in [2.24, 2.45) is 0 Å². The van der Waals surface area contributed by atoms with E-state index < -0.39 is 46.1 Å². The Morgan fingerprint density at radius 2 is 0.882 bits per heavy atom. The first kappa shape index (κ1) is 23.3. The quantitative estimate of drug-likeness (QED) is 0.487. The number of hydrogen-bond acceptors (Lipinski definition) is 12. The van der Waals surface area contributed by atoms with E-state index in [0.717, 1.165) is 13.8 Å². The lowest BCUT2D eigenvalue weighted by Crippen LogP contribution is -2.35. The van der Waals surface area contributed by atoms with Crippen molar-refractivity contribution in [2.45, 2.75) is 25.4 Å². The second-order valence-corrected chi connectivity index (χ2v) is 7.82. The van der Waals surface area contributed by atoms with Gasteiger partial charge < -0.3 is 48.8 Å². The molecule has 0 radical (unpaired) electrons. The lowest BCUT2D eigenvalue weighted by molar-refractivity contribution is -0.0757. The predicted octanol–water partition coefficient (Wildman–Crippen LogP) is 1.37. The van der Waals surface area contributed by atoms with Crippen molar-refractivity contribution in [1.29, 1.82) is 0 Å². The second-order valence-electron chi connectivity index (χ2n) is 7.82. The fraction of sp³-hybridized carbons (Fsp3) is 0.364. The average Bonchev–Trinajstić information content (AvgIpc) is 3.15. The van der Waals surface area contributed by atoms with Crippen LogP contribution in [0.25, 0.3) is 11.1 Å². The monoisotopic (exact) mass is 478 g/mol. The third-order valence-electron chi connectivity index (χ3n) is 5.64. The second kappa shape index (κ2) is 7.30. The number of rotatable bonds is 5. The molecule has 12 heteroatoms. The van der Waals surface area contributed by atoms with Crippen molar-refractivity contribution < 1.29 is 58.4 Å². The number of ketones is 2. The summed E-state index contributed by atoms with van der Waals surface area (Å²) in [5.41, 5.74) is -1.37. The van der Waals surface area contributed by atoms with E-state index in [4.69, 9.17) is 28.4 Å². The molecule has 2 aliphatic heterocycles. The van der Waals surface area contributed by atoms with Crippen LogP contribution in [0, 0.1) is 0 Å². The number of aromatic hydroxyl groups is 2. The van der Waals surface area contributed by atoms with Crippen molar-refractivity contribution >= 4 is 11.6 Å². The van der Waals surface area contributed by atoms with E-state index in [1.165, 1.54) is 28.4 Å². The van der Waals surface area contributed by atoms with Crippen LogP contribution >= 0.6 is 0 Å². The highest BCUT2D eigenvalue weighted by molar-refractivity contribution is 6.16. The fourth-order valence-electron chi connectivity index (χ4n) is 4.14. The SMILES string of the molecule is COc1c(O)c(-c2c(O)c(OC)c(OC)c3c2O[C@@](C)(O)C3=O)c2c(c1OC)C(=O)[C@](C)(O)O2. The zero-order chi connectivity index (χ0) is 25.3. The fourth-order valence-corrected chi connectivity index (χ4v) is 4.14. The molecule has 2 atom stereocenters. The molecule has 2 aliphatic rings. The summed E-state index contributed by atoms with van der Waals surface area (Å²) in [7, 11) is 4.80. The Bertz CT molecular complexity index is 1160. The van der Waals surface area contributed by atoms with Gasteiger partial charge in [-0.1, -0.05) is 0 Å². The molecule has 0 saturated heterocycles. The first-order valence-corrected chi connectivity index (χ1v) is 9.82. The van der Waals surface area contributed by atoms with Gasteiger partial charge in [0.05, 0.1) is 39.6 Å². The standard InChI is InChI=1S/C22H22O12/c1-21(27)19(25)9-13(33-21)7(11(23)17(31-5)15(9)29-3)8-12(24)18(32-6)16(30-4)10-14(8)34-22(2,28)20(10)26/h23-24,27-28H,1-6H3/t21-,22-/m1/s1. The minimum atomic E-state index is -2.36. The third kappa shape index (κ3) is 2.78. The number of phenolic OH excluding ortho intramolecular Hbond substituents is 2. The Morgan fingerprint density at radius 3 is 1.15 bits per heavy atom. The molecule has 182 valence electrons. The summed E-state index contributed by atoms with van der Waals surface area (Å²) in [6, 6.07) is 0. The van der Waals surface area contributed by atoms with Gasteiger partial charge in [0.1, 0.15) is 11.1 Å². The minimum absolute atomic E-state index is 0.234. The molecule has 2 heterocycles. The van der Waals surface area contributed by atoms with E-state index >= 15 is 0 Å². The number of carbonyl (C=O) groups excluding carboxylic acids is 2. The van der Waals surface area contributed by atoms with E-state index in [1.54, 1.807) is 0 Å². The third-order valence-corrected chi connectivity index (χ3v) is 5.64. The largest absolute Gasteiger partial charge is 0.504 e. The number of aliphatic hydroxyl groups is 2. The van der Waals surface area contributed by atoms with E-state index in [9.17, 15) is 30.0 Å². The van der Waals surface area contributed by atoms with Gasteiger partial charge in [0.15, 0.2) is 34.5 Å². The topological polar surface area (TPSA) is 170 Å². The number of Topliss-reactive ketones (excluding diaryl/α,β-unsaturated/α-hetero) is 2. The molecule has 0 saturated carbocycles. The van der Waals surface area contributed by atoms with E-state index in [1.807, 2.05) is 0 Å². The number of carbonyl (C=O) groups is 2. The highest BCUT2D eigenvalue weighted by Gasteiger charge is 2.52. The maximum Gasteiger partial charge on any atom is 0.270 e. The molecule has 4 N–H and O–H groups in total. The molecule has 0 aliphatic carbocycles. The maximum absolute atomic E-state index is 12.9. The number of methoxy groups -OCH3 is 4. The van der Waals surface area contributed by atoms with Crippen LogP contribution in [-0.4, -0.2) is 72.0 Å². The highest BCUT2D eigenvalue weighted by atomic mass is 16.6. The molecule has 0 fully saturated rings. The summed E-state index contributed by atoms with van der Waals surface area (Å²) in [6.45, 7) is 2.15. The molecule has 0 aromatic heterocycles. The Balaban J connectivity index is 2.23. The summed E-state index contributed by atoms with van der Waals surface area (Å²) >= 11 is 0. The Labute approximate surface area is 192 Å². The molecule has 0 amide bonds. The Kier molecular flexibility index (Phi) is 5.00. The van der Waals surface area contributed by atoms with Gasteiger partial charge in [-0.2, -0.15) is 0 Å². The smallest absolute Gasteiger partial charge is 0.270 e. The van der Waals surface area contributed by atoms with E-state index in [-0.39, 0.29) is 45.3 Å². The van der Waals surface area contributed by atoms with Crippen LogP contribution in [0.4, 0.5) is 0 Å². The average molecular weight is 478 g/mol. The van der Waals surface area contributed by atoms with Gasteiger partial charge in [0, 0.05) is 13.8 Å². The summed E-state index contributed by atoms with van der Waals surface area (Å²) in [4.78, 5) is 25.9. The van der Waals surface area contributed by atoms with Crippen LogP contribution in [0.15, 0.2) is 0 Å². The van der Waals surface area contributed by atoms with Gasteiger partial charge in [-0.15, -0.1) is 0 Å². The van der Waals surface area contributed by atoms with Crippen molar-refractivity contribution in [1.82, 2.24) is 0 Å². The van der Waals surface area contributed by atoms with Gasteiger partial charge in [0.2, 0.25) is 23.1 Å². The molecule has 2 aromatic rings. The van der Waals surface area contributed by atoms with Crippen LogP contribution in [0.2, 0.25) is 0 Å². The number of fused-ring (bicyclic) bond motifs is 2. The van der Waals surface area contributed by atoms with Gasteiger partial charge in [0.25, 0.3) is 11.6 Å². The van der Waals surface area contributed by atoms with Crippen LogP contribution < -0.4 is 28.4 Å². The zero-order valence-electron chi connectivity index (χ0n) is 19.1.